The number of carbonyl (C=O) groups is 3. The molecule has 0 saturated carbocycles. The van der Waals surface area contributed by atoms with Crippen molar-refractivity contribution in [2.45, 2.75) is 6.42 Å². The topological polar surface area (TPSA) is 86.7 Å². The lowest BCUT2D eigenvalue weighted by Gasteiger charge is -2.12. The van der Waals surface area contributed by atoms with Crippen molar-refractivity contribution < 1.29 is 19.5 Å². The molecule has 2 rings (SSSR count). The molecule has 0 aromatic heterocycles. The molecule has 1 aromatic rings. The molecule has 1 fully saturated rings. The number of rotatable bonds is 6. The minimum atomic E-state index is -0.462. The number of aliphatic hydroxyl groups is 1. The van der Waals surface area contributed by atoms with Crippen LogP contribution >= 0.6 is 11.8 Å². The van der Waals surface area contributed by atoms with E-state index in [9.17, 15) is 14.4 Å². The Labute approximate surface area is 132 Å². The zero-order valence-electron chi connectivity index (χ0n) is 11.8. The van der Waals surface area contributed by atoms with Crippen LogP contribution in [0.4, 0.5) is 4.79 Å². The predicted molar refractivity (Wildman–Crippen MR) is 83.8 cm³/mol. The van der Waals surface area contributed by atoms with E-state index in [0.29, 0.717) is 17.9 Å². The van der Waals surface area contributed by atoms with E-state index >= 15 is 0 Å². The van der Waals surface area contributed by atoms with E-state index in [1.165, 1.54) is 0 Å². The summed E-state index contributed by atoms with van der Waals surface area (Å²) < 4.78 is 0. The van der Waals surface area contributed by atoms with E-state index in [4.69, 9.17) is 5.11 Å². The van der Waals surface area contributed by atoms with Gasteiger partial charge in [0.05, 0.1) is 4.91 Å². The van der Waals surface area contributed by atoms with Gasteiger partial charge in [-0.2, -0.15) is 0 Å². The standard InChI is InChI=1S/C15H16N2O4S/c18-8-4-7-16-13(19)10-17-14(20)12(22-15(17)21)9-11-5-2-1-3-6-11/h1-3,5-6,9,18H,4,7-8,10H2,(H,16,19)/b12-9+. The maximum absolute atomic E-state index is 12.2. The fourth-order valence-electron chi connectivity index (χ4n) is 1.84. The fourth-order valence-corrected chi connectivity index (χ4v) is 2.68. The molecule has 0 spiro atoms. The minimum Gasteiger partial charge on any atom is -0.396 e. The molecule has 3 amide bonds. The number of benzene rings is 1. The summed E-state index contributed by atoms with van der Waals surface area (Å²) in [6.07, 6.45) is 2.07. The average Bonchev–Trinajstić information content (AvgIpc) is 2.76. The van der Waals surface area contributed by atoms with Gasteiger partial charge >= 0.3 is 0 Å². The number of aliphatic hydroxyl groups excluding tert-OH is 1. The number of hydrogen-bond donors (Lipinski definition) is 2. The molecular weight excluding hydrogens is 304 g/mol. The lowest BCUT2D eigenvalue weighted by molar-refractivity contribution is -0.129. The molecule has 1 aliphatic rings. The van der Waals surface area contributed by atoms with Crippen molar-refractivity contribution in [3.05, 3.63) is 40.8 Å². The largest absolute Gasteiger partial charge is 0.396 e. The van der Waals surface area contributed by atoms with Crippen LogP contribution in [-0.4, -0.2) is 46.8 Å². The van der Waals surface area contributed by atoms with Crippen LogP contribution < -0.4 is 5.32 Å². The van der Waals surface area contributed by atoms with E-state index in [2.05, 4.69) is 5.32 Å². The molecule has 0 bridgehead atoms. The van der Waals surface area contributed by atoms with Gasteiger partial charge < -0.3 is 10.4 Å². The van der Waals surface area contributed by atoms with Crippen LogP contribution in [0.2, 0.25) is 0 Å². The average molecular weight is 320 g/mol. The first-order valence-electron chi connectivity index (χ1n) is 6.80. The maximum Gasteiger partial charge on any atom is 0.294 e. The van der Waals surface area contributed by atoms with E-state index < -0.39 is 17.1 Å². The number of amides is 3. The number of thioether (sulfide) groups is 1. The highest BCUT2D eigenvalue weighted by atomic mass is 32.2. The second-order valence-corrected chi connectivity index (χ2v) is 5.60. The summed E-state index contributed by atoms with van der Waals surface area (Å²) in [7, 11) is 0. The molecule has 6 nitrogen and oxygen atoms in total. The first-order chi connectivity index (χ1) is 10.6. The number of nitrogens with one attached hydrogen (secondary N) is 1. The Balaban J connectivity index is 2.00. The predicted octanol–water partition coefficient (Wildman–Crippen LogP) is 1.22. The summed E-state index contributed by atoms with van der Waals surface area (Å²) in [5.41, 5.74) is 0.820. The van der Waals surface area contributed by atoms with Crippen LogP contribution in [0.25, 0.3) is 6.08 Å². The van der Waals surface area contributed by atoms with Crippen molar-refractivity contribution in [1.29, 1.82) is 0 Å². The second kappa shape index (κ2) is 7.77. The van der Waals surface area contributed by atoms with Gasteiger partial charge in [-0.15, -0.1) is 0 Å². The van der Waals surface area contributed by atoms with Gasteiger partial charge in [-0.05, 0) is 29.8 Å². The minimum absolute atomic E-state index is 0.0261. The summed E-state index contributed by atoms with van der Waals surface area (Å²) in [4.78, 5) is 36.9. The molecule has 1 heterocycles. The molecule has 0 aliphatic carbocycles. The Morgan fingerprint density at radius 3 is 2.68 bits per heavy atom. The molecule has 0 atom stereocenters. The smallest absolute Gasteiger partial charge is 0.294 e. The first kappa shape index (κ1) is 16.3. The Kier molecular flexibility index (Phi) is 5.74. The van der Waals surface area contributed by atoms with Gasteiger partial charge in [0.1, 0.15) is 6.54 Å². The van der Waals surface area contributed by atoms with Crippen molar-refractivity contribution in [3.63, 3.8) is 0 Å². The number of hydrogen-bond acceptors (Lipinski definition) is 5. The highest BCUT2D eigenvalue weighted by molar-refractivity contribution is 8.18. The SMILES string of the molecule is O=C(CN1C(=O)S/C(=C/c2ccccc2)C1=O)NCCCO. The lowest BCUT2D eigenvalue weighted by Crippen LogP contribution is -2.39. The molecule has 0 radical (unpaired) electrons. The van der Waals surface area contributed by atoms with E-state index in [0.717, 1.165) is 22.2 Å². The van der Waals surface area contributed by atoms with Crippen LogP contribution in [0.1, 0.15) is 12.0 Å². The molecule has 116 valence electrons. The van der Waals surface area contributed by atoms with Crippen LogP contribution in [0.3, 0.4) is 0 Å². The van der Waals surface area contributed by atoms with Crippen molar-refractivity contribution in [2.24, 2.45) is 0 Å². The molecular formula is C15H16N2O4S. The van der Waals surface area contributed by atoms with E-state index in [1.807, 2.05) is 30.3 Å². The third-order valence-corrected chi connectivity index (χ3v) is 3.84. The van der Waals surface area contributed by atoms with Crippen LogP contribution in [0.15, 0.2) is 35.2 Å². The monoisotopic (exact) mass is 320 g/mol. The van der Waals surface area contributed by atoms with Gasteiger partial charge in [-0.25, -0.2) is 0 Å². The van der Waals surface area contributed by atoms with Crippen LogP contribution in [0, 0.1) is 0 Å². The van der Waals surface area contributed by atoms with Gasteiger partial charge in [0.2, 0.25) is 5.91 Å². The molecule has 22 heavy (non-hydrogen) atoms. The maximum atomic E-state index is 12.2. The Morgan fingerprint density at radius 1 is 1.27 bits per heavy atom. The first-order valence-corrected chi connectivity index (χ1v) is 7.61. The molecule has 1 aliphatic heterocycles. The zero-order chi connectivity index (χ0) is 15.9. The normalized spacial score (nSPS) is 16.4. The van der Waals surface area contributed by atoms with Crippen molar-refractivity contribution >= 4 is 34.9 Å². The highest BCUT2D eigenvalue weighted by Gasteiger charge is 2.36. The lowest BCUT2D eigenvalue weighted by atomic mass is 10.2. The second-order valence-electron chi connectivity index (χ2n) is 4.61. The Hall–Kier alpha value is -2.12. The third-order valence-electron chi connectivity index (χ3n) is 2.93. The quantitative estimate of drug-likeness (QED) is 0.608. The third kappa shape index (κ3) is 4.19. The van der Waals surface area contributed by atoms with Crippen molar-refractivity contribution in [1.82, 2.24) is 10.2 Å². The summed E-state index contributed by atoms with van der Waals surface area (Å²) in [6, 6.07) is 9.19. The van der Waals surface area contributed by atoms with Crippen molar-refractivity contribution in [2.75, 3.05) is 19.7 Å². The van der Waals surface area contributed by atoms with Gasteiger partial charge in [0.25, 0.3) is 11.1 Å². The van der Waals surface area contributed by atoms with E-state index in [-0.39, 0.29) is 13.2 Å². The van der Waals surface area contributed by atoms with Gasteiger partial charge in [-0.1, -0.05) is 30.3 Å². The molecule has 1 aromatic carbocycles. The van der Waals surface area contributed by atoms with Crippen molar-refractivity contribution in [3.8, 4) is 0 Å². The van der Waals surface area contributed by atoms with E-state index in [1.54, 1.807) is 6.08 Å². The highest BCUT2D eigenvalue weighted by Crippen LogP contribution is 2.31. The molecule has 7 heteroatoms. The van der Waals surface area contributed by atoms with Gasteiger partial charge in [0.15, 0.2) is 0 Å². The number of carbonyl (C=O) groups excluding carboxylic acids is 3. The number of imide groups is 1. The summed E-state index contributed by atoms with van der Waals surface area (Å²) in [5, 5.41) is 10.7. The van der Waals surface area contributed by atoms with Gasteiger partial charge in [-0.3, -0.25) is 19.3 Å². The van der Waals surface area contributed by atoms with Gasteiger partial charge in [0, 0.05) is 13.2 Å². The molecule has 1 saturated heterocycles. The number of nitrogens with zero attached hydrogens (tertiary/aromatic N) is 1. The fraction of sp³-hybridized carbons (Fsp3) is 0.267. The molecule has 0 unspecified atom stereocenters. The Morgan fingerprint density at radius 2 is 2.00 bits per heavy atom. The summed E-state index contributed by atoms with van der Waals surface area (Å²) in [6.45, 7) is -0.0185. The summed E-state index contributed by atoms with van der Waals surface area (Å²) >= 11 is 0.826. The Bertz CT molecular complexity index is 601. The molecule has 2 N–H and O–H groups in total. The van der Waals surface area contributed by atoms with Crippen LogP contribution in [0.5, 0.6) is 0 Å². The zero-order valence-corrected chi connectivity index (χ0v) is 12.6. The summed E-state index contributed by atoms with van der Waals surface area (Å²) in [5.74, 6) is -0.882. The van der Waals surface area contributed by atoms with Crippen LogP contribution in [-0.2, 0) is 9.59 Å².